The first kappa shape index (κ1) is 20.8. The predicted octanol–water partition coefficient (Wildman–Crippen LogP) is 4.44. The van der Waals surface area contributed by atoms with Gasteiger partial charge in [0.2, 0.25) is 0 Å². The molecular weight excluding hydrogens is 392 g/mol. The number of carbonyl (C=O) groups excluding carboxylic acids is 2. The highest BCUT2D eigenvalue weighted by Gasteiger charge is 2.32. The molecule has 2 aromatic carbocycles. The zero-order chi connectivity index (χ0) is 22.0. The van der Waals surface area contributed by atoms with Crippen molar-refractivity contribution in [3.63, 3.8) is 0 Å². The van der Waals surface area contributed by atoms with Crippen molar-refractivity contribution in [1.82, 2.24) is 0 Å². The second-order valence-corrected chi connectivity index (χ2v) is 8.00. The molecule has 0 fully saturated rings. The molecule has 1 unspecified atom stereocenters. The highest BCUT2D eigenvalue weighted by Crippen LogP contribution is 2.41. The largest absolute Gasteiger partial charge is 0.487 e. The first-order valence-electron chi connectivity index (χ1n) is 10.6. The molecule has 0 bridgehead atoms. The molecule has 160 valence electrons. The lowest BCUT2D eigenvalue weighted by molar-refractivity contribution is -0.146. The first-order valence-corrected chi connectivity index (χ1v) is 10.6. The summed E-state index contributed by atoms with van der Waals surface area (Å²) in [7, 11) is 0. The van der Waals surface area contributed by atoms with E-state index >= 15 is 0 Å². The van der Waals surface area contributed by atoms with Crippen LogP contribution in [0.15, 0.2) is 47.5 Å². The van der Waals surface area contributed by atoms with E-state index in [4.69, 9.17) is 9.47 Å². The minimum Gasteiger partial charge on any atom is -0.487 e. The Morgan fingerprint density at radius 1 is 1.23 bits per heavy atom. The number of esters is 1. The number of ether oxygens (including phenoxy) is 2. The van der Waals surface area contributed by atoms with Crippen molar-refractivity contribution in [1.29, 1.82) is 0 Å². The summed E-state index contributed by atoms with van der Waals surface area (Å²) in [6, 6.07) is 13.6. The quantitative estimate of drug-likeness (QED) is 0.427. The summed E-state index contributed by atoms with van der Waals surface area (Å²) in [4.78, 5) is 29.1. The van der Waals surface area contributed by atoms with E-state index < -0.39 is 0 Å². The van der Waals surface area contributed by atoms with E-state index in [0.717, 1.165) is 27.9 Å². The average molecular weight is 418 g/mol. The molecule has 31 heavy (non-hydrogen) atoms. The number of nitrogens with one attached hydrogen (secondary N) is 1. The Morgan fingerprint density at radius 2 is 2.03 bits per heavy atom. The van der Waals surface area contributed by atoms with Crippen molar-refractivity contribution in [2.24, 2.45) is 16.8 Å². The van der Waals surface area contributed by atoms with Gasteiger partial charge in [0.05, 0.1) is 24.6 Å². The number of carbonyl (C=O) groups is 2. The van der Waals surface area contributed by atoms with Gasteiger partial charge >= 0.3 is 5.97 Å². The smallest absolute Gasteiger partial charge is 0.314 e. The first-order chi connectivity index (χ1) is 15.0. The summed E-state index contributed by atoms with van der Waals surface area (Å²) in [6.45, 7) is 7.00. The molecule has 6 heteroatoms. The fraction of sp³-hybridized carbons (Fsp3) is 0.320. The zero-order valence-electron chi connectivity index (χ0n) is 18.0. The molecule has 2 heterocycles. The van der Waals surface area contributed by atoms with Gasteiger partial charge in [-0.1, -0.05) is 44.2 Å². The Morgan fingerprint density at radius 3 is 2.81 bits per heavy atom. The van der Waals surface area contributed by atoms with Gasteiger partial charge in [-0.05, 0) is 30.5 Å². The lowest BCUT2D eigenvalue weighted by Gasteiger charge is -2.14. The lowest BCUT2D eigenvalue weighted by atomic mass is 9.97. The Hall–Kier alpha value is -3.41. The van der Waals surface area contributed by atoms with Gasteiger partial charge < -0.3 is 14.8 Å². The number of hydrogen-bond acceptors (Lipinski definition) is 5. The summed E-state index contributed by atoms with van der Waals surface area (Å²) < 4.78 is 11.1. The van der Waals surface area contributed by atoms with E-state index in [0.29, 0.717) is 31.1 Å². The van der Waals surface area contributed by atoms with Crippen molar-refractivity contribution in [2.75, 3.05) is 11.9 Å². The van der Waals surface area contributed by atoms with E-state index in [1.54, 1.807) is 13.1 Å². The van der Waals surface area contributed by atoms with E-state index in [1.165, 1.54) is 0 Å². The molecule has 6 nitrogen and oxygen atoms in total. The molecule has 0 radical (unpaired) electrons. The third kappa shape index (κ3) is 4.10. The van der Waals surface area contributed by atoms with Crippen LogP contribution in [0.2, 0.25) is 0 Å². The van der Waals surface area contributed by atoms with Crippen LogP contribution in [0, 0.1) is 11.8 Å². The van der Waals surface area contributed by atoms with Crippen LogP contribution in [0.5, 0.6) is 0 Å². The molecule has 1 atom stereocenters. The van der Waals surface area contributed by atoms with Crippen LogP contribution in [-0.2, 0) is 32.2 Å². The molecule has 2 aliphatic rings. The minimum absolute atomic E-state index is 0.117. The third-order valence-corrected chi connectivity index (χ3v) is 5.50. The maximum Gasteiger partial charge on any atom is 0.314 e. The van der Waals surface area contributed by atoms with Crippen LogP contribution in [0.1, 0.15) is 43.0 Å². The van der Waals surface area contributed by atoms with Gasteiger partial charge in [-0.15, -0.1) is 0 Å². The molecule has 4 rings (SSSR count). The van der Waals surface area contributed by atoms with Crippen LogP contribution in [0.25, 0.3) is 11.3 Å². The Balaban J connectivity index is 1.55. The number of para-hydroxylation sites is 1. The number of fused-ring (bicyclic) bond motifs is 2. The van der Waals surface area contributed by atoms with Gasteiger partial charge in [0.25, 0.3) is 5.91 Å². The minimum atomic E-state index is -0.352. The summed E-state index contributed by atoms with van der Waals surface area (Å²) in [6.07, 6.45) is 1.69. The van der Waals surface area contributed by atoms with Crippen LogP contribution < -0.4 is 5.32 Å². The standard InChI is InChI=1S/C25H26N2O4/c1-4-30-25(29)20(15(2)3)13-26-12-16-9-10-18-17(11-16)14-31-23(18)22-19-7-5-6-8-21(19)27-24(22)28/h5-11,13,15,20H,4,12,14H2,1-3H3,(H,27,28). The normalized spacial score (nSPS) is 18.0. The number of aliphatic imine (C=N–C) groups is 1. The molecule has 1 N–H and O–H groups in total. The molecule has 1 amide bonds. The second kappa shape index (κ2) is 8.76. The maximum absolute atomic E-state index is 12.6. The number of rotatable bonds is 6. The average Bonchev–Trinajstić information content (AvgIpc) is 3.30. The molecule has 0 aromatic heterocycles. The summed E-state index contributed by atoms with van der Waals surface area (Å²) in [5.74, 6) is 0.00178. The number of hydrogen-bond donors (Lipinski definition) is 1. The Bertz CT molecular complexity index is 1080. The topological polar surface area (TPSA) is 77.0 Å². The van der Waals surface area contributed by atoms with Crippen LogP contribution in [0.4, 0.5) is 5.69 Å². The van der Waals surface area contributed by atoms with Gasteiger partial charge in [0, 0.05) is 28.6 Å². The zero-order valence-corrected chi connectivity index (χ0v) is 18.0. The Labute approximate surface area is 182 Å². The molecule has 0 saturated carbocycles. The fourth-order valence-electron chi connectivity index (χ4n) is 3.88. The van der Waals surface area contributed by atoms with E-state index in [2.05, 4.69) is 10.3 Å². The van der Waals surface area contributed by atoms with Crippen molar-refractivity contribution in [3.05, 3.63) is 64.7 Å². The fourth-order valence-corrected chi connectivity index (χ4v) is 3.88. The van der Waals surface area contributed by atoms with Gasteiger partial charge in [0.1, 0.15) is 12.4 Å². The molecule has 2 aliphatic heterocycles. The second-order valence-electron chi connectivity index (χ2n) is 8.00. The maximum atomic E-state index is 12.6. The number of amides is 1. The van der Waals surface area contributed by atoms with Crippen molar-refractivity contribution < 1.29 is 19.1 Å². The van der Waals surface area contributed by atoms with E-state index in [-0.39, 0.29) is 23.7 Å². The van der Waals surface area contributed by atoms with Crippen LogP contribution >= 0.6 is 0 Å². The molecule has 2 aromatic rings. The highest BCUT2D eigenvalue weighted by molar-refractivity contribution is 6.36. The number of nitrogens with zero attached hydrogens (tertiary/aromatic N) is 1. The number of benzene rings is 2. The van der Waals surface area contributed by atoms with Gasteiger partial charge in [-0.2, -0.15) is 0 Å². The van der Waals surface area contributed by atoms with Gasteiger partial charge in [-0.25, -0.2) is 0 Å². The van der Waals surface area contributed by atoms with Crippen LogP contribution in [0.3, 0.4) is 0 Å². The van der Waals surface area contributed by atoms with Crippen molar-refractivity contribution in [2.45, 2.75) is 33.9 Å². The number of anilines is 1. The van der Waals surface area contributed by atoms with Gasteiger partial charge in [0.15, 0.2) is 0 Å². The SMILES string of the molecule is CCOC(=O)C(C=NCc1ccc2c(c1)COC2=C1C(=O)Nc2ccccc21)C(C)C. The lowest BCUT2D eigenvalue weighted by Crippen LogP contribution is -2.24. The van der Waals surface area contributed by atoms with Crippen molar-refractivity contribution in [3.8, 4) is 0 Å². The third-order valence-electron chi connectivity index (χ3n) is 5.50. The van der Waals surface area contributed by atoms with Crippen LogP contribution in [-0.4, -0.2) is 24.7 Å². The molecule has 0 aliphatic carbocycles. The molecule has 0 spiro atoms. The molecular formula is C25H26N2O4. The van der Waals surface area contributed by atoms with Gasteiger partial charge in [-0.3, -0.25) is 14.6 Å². The van der Waals surface area contributed by atoms with E-state index in [9.17, 15) is 9.59 Å². The summed E-state index contributed by atoms with van der Waals surface area (Å²) in [5.41, 5.74) is 5.23. The van der Waals surface area contributed by atoms with Crippen molar-refractivity contribution >= 4 is 35.1 Å². The summed E-state index contributed by atoms with van der Waals surface area (Å²) in [5, 5.41) is 2.90. The molecule has 0 saturated heterocycles. The predicted molar refractivity (Wildman–Crippen MR) is 120 cm³/mol. The monoisotopic (exact) mass is 418 g/mol. The summed E-state index contributed by atoms with van der Waals surface area (Å²) >= 11 is 0. The Kier molecular flexibility index (Phi) is 5.89. The van der Waals surface area contributed by atoms with E-state index in [1.807, 2.05) is 56.3 Å². The highest BCUT2D eigenvalue weighted by atomic mass is 16.5.